The average molecular weight is 384 g/mol. The number of hydrogen-bond acceptors (Lipinski definition) is 6. The van der Waals surface area contributed by atoms with E-state index in [2.05, 4.69) is 15.4 Å². The Kier molecular flexibility index (Phi) is 7.27. The molecular formula is C20H20N2O6. The van der Waals surface area contributed by atoms with Crippen LogP contribution in [0.4, 0.5) is 11.4 Å². The molecule has 2 aromatic carbocycles. The number of anilines is 2. The Bertz CT molecular complexity index is 877. The Hall–Kier alpha value is -3.68. The largest absolute Gasteiger partial charge is 0.465 e. The molecule has 0 aliphatic rings. The molecule has 8 heteroatoms. The van der Waals surface area contributed by atoms with Gasteiger partial charge in [-0.15, -0.1) is 0 Å². The predicted molar refractivity (Wildman–Crippen MR) is 102 cm³/mol. The molecule has 2 amide bonds. The molecule has 0 aromatic heterocycles. The summed E-state index contributed by atoms with van der Waals surface area (Å²) < 4.78 is 9.54. The molecule has 0 spiro atoms. The van der Waals surface area contributed by atoms with Gasteiger partial charge in [-0.05, 0) is 43.3 Å². The maximum Gasteiger partial charge on any atom is 0.340 e. The molecule has 146 valence electrons. The Morgan fingerprint density at radius 3 is 2.14 bits per heavy atom. The van der Waals surface area contributed by atoms with E-state index in [4.69, 9.17) is 4.74 Å². The molecule has 0 atom stereocenters. The molecular weight excluding hydrogens is 364 g/mol. The van der Waals surface area contributed by atoms with Crippen molar-refractivity contribution in [3.05, 3.63) is 59.7 Å². The Balaban J connectivity index is 1.95. The number of para-hydroxylation sites is 1. The maximum atomic E-state index is 12.1. The van der Waals surface area contributed by atoms with E-state index in [1.807, 2.05) is 0 Å². The van der Waals surface area contributed by atoms with Crippen LogP contribution in [0.15, 0.2) is 48.5 Å². The molecule has 2 rings (SSSR count). The van der Waals surface area contributed by atoms with E-state index in [0.29, 0.717) is 11.3 Å². The first-order valence-electron chi connectivity index (χ1n) is 8.48. The number of carbonyl (C=O) groups excluding carboxylic acids is 4. The van der Waals surface area contributed by atoms with Crippen LogP contribution in [0.25, 0.3) is 0 Å². The van der Waals surface area contributed by atoms with Crippen molar-refractivity contribution in [3.8, 4) is 0 Å². The van der Waals surface area contributed by atoms with Crippen LogP contribution in [0.1, 0.15) is 34.1 Å². The molecule has 0 bridgehead atoms. The van der Waals surface area contributed by atoms with Gasteiger partial charge in [0.1, 0.15) is 6.42 Å². The Morgan fingerprint density at radius 1 is 0.857 bits per heavy atom. The van der Waals surface area contributed by atoms with Crippen molar-refractivity contribution in [2.45, 2.75) is 13.3 Å². The third-order valence-electron chi connectivity index (χ3n) is 3.61. The topological polar surface area (TPSA) is 111 Å². The lowest BCUT2D eigenvalue weighted by atomic mass is 10.1. The number of amides is 2. The van der Waals surface area contributed by atoms with Crippen LogP contribution in [-0.2, 0) is 19.1 Å². The number of hydrogen-bond donors (Lipinski definition) is 2. The fourth-order valence-corrected chi connectivity index (χ4v) is 2.33. The number of benzene rings is 2. The fraction of sp³-hybridized carbons (Fsp3) is 0.200. The van der Waals surface area contributed by atoms with Gasteiger partial charge in [-0.3, -0.25) is 9.59 Å². The smallest absolute Gasteiger partial charge is 0.340 e. The zero-order valence-electron chi connectivity index (χ0n) is 15.5. The molecule has 0 saturated heterocycles. The van der Waals surface area contributed by atoms with Gasteiger partial charge in [-0.1, -0.05) is 12.1 Å². The summed E-state index contributed by atoms with van der Waals surface area (Å²) in [7, 11) is 1.27. The van der Waals surface area contributed by atoms with Crippen LogP contribution >= 0.6 is 0 Å². The van der Waals surface area contributed by atoms with Gasteiger partial charge < -0.3 is 20.1 Å². The molecule has 0 unspecified atom stereocenters. The summed E-state index contributed by atoms with van der Waals surface area (Å²) in [6.07, 6.45) is -0.448. The van der Waals surface area contributed by atoms with Crippen molar-refractivity contribution in [1.29, 1.82) is 0 Å². The van der Waals surface area contributed by atoms with Gasteiger partial charge in [0.25, 0.3) is 0 Å². The molecule has 2 aromatic rings. The lowest BCUT2D eigenvalue weighted by Crippen LogP contribution is -2.22. The zero-order chi connectivity index (χ0) is 20.5. The highest BCUT2D eigenvalue weighted by Crippen LogP contribution is 2.17. The van der Waals surface area contributed by atoms with Crippen LogP contribution in [0.2, 0.25) is 0 Å². The van der Waals surface area contributed by atoms with E-state index in [-0.39, 0.29) is 17.9 Å². The van der Waals surface area contributed by atoms with Crippen molar-refractivity contribution in [2.75, 3.05) is 24.4 Å². The van der Waals surface area contributed by atoms with Crippen LogP contribution in [0.3, 0.4) is 0 Å². The number of rotatable bonds is 7. The van der Waals surface area contributed by atoms with Gasteiger partial charge in [-0.25, -0.2) is 9.59 Å². The molecule has 0 heterocycles. The van der Waals surface area contributed by atoms with Gasteiger partial charge in [0, 0.05) is 5.69 Å². The first-order chi connectivity index (χ1) is 13.4. The summed E-state index contributed by atoms with van der Waals surface area (Å²) in [5.74, 6) is -2.18. The minimum Gasteiger partial charge on any atom is -0.465 e. The van der Waals surface area contributed by atoms with Gasteiger partial charge >= 0.3 is 11.9 Å². The Morgan fingerprint density at radius 2 is 1.50 bits per heavy atom. The normalized spacial score (nSPS) is 9.93. The molecule has 8 nitrogen and oxygen atoms in total. The standard InChI is InChI=1S/C20H20N2O6/c1-3-28-20(26)15-6-4-5-7-16(15)22-18(24)12-17(23)21-14-10-8-13(9-11-14)19(25)27-2/h4-11H,3,12H2,1-2H3,(H,21,23)(H,22,24). The molecule has 2 N–H and O–H groups in total. The molecule has 0 aliphatic carbocycles. The lowest BCUT2D eigenvalue weighted by molar-refractivity contribution is -0.123. The van der Waals surface area contributed by atoms with Crippen molar-refractivity contribution >= 4 is 35.1 Å². The van der Waals surface area contributed by atoms with E-state index in [1.165, 1.54) is 37.4 Å². The van der Waals surface area contributed by atoms with E-state index >= 15 is 0 Å². The first-order valence-corrected chi connectivity index (χ1v) is 8.48. The number of carbonyl (C=O) groups is 4. The first kappa shape index (κ1) is 20.6. The minimum atomic E-state index is -0.583. The summed E-state index contributed by atoms with van der Waals surface area (Å²) >= 11 is 0. The van der Waals surface area contributed by atoms with Crippen molar-refractivity contribution in [3.63, 3.8) is 0 Å². The highest BCUT2D eigenvalue weighted by molar-refractivity contribution is 6.10. The summed E-state index contributed by atoms with van der Waals surface area (Å²) in [4.78, 5) is 47.5. The quantitative estimate of drug-likeness (QED) is 0.561. The second-order valence-corrected chi connectivity index (χ2v) is 5.61. The van der Waals surface area contributed by atoms with Crippen molar-refractivity contribution in [2.24, 2.45) is 0 Å². The lowest BCUT2D eigenvalue weighted by Gasteiger charge is -2.10. The van der Waals surface area contributed by atoms with Crippen molar-refractivity contribution < 1.29 is 28.7 Å². The van der Waals surface area contributed by atoms with Gasteiger partial charge in [0.05, 0.1) is 30.5 Å². The van der Waals surface area contributed by atoms with Gasteiger partial charge in [0.15, 0.2) is 0 Å². The van der Waals surface area contributed by atoms with Crippen LogP contribution < -0.4 is 10.6 Å². The van der Waals surface area contributed by atoms with E-state index in [9.17, 15) is 19.2 Å². The third-order valence-corrected chi connectivity index (χ3v) is 3.61. The monoisotopic (exact) mass is 384 g/mol. The van der Waals surface area contributed by atoms with E-state index < -0.39 is 30.2 Å². The summed E-state index contributed by atoms with van der Waals surface area (Å²) in [6.45, 7) is 1.89. The highest BCUT2D eigenvalue weighted by Gasteiger charge is 2.16. The van der Waals surface area contributed by atoms with Crippen LogP contribution in [0.5, 0.6) is 0 Å². The molecule has 28 heavy (non-hydrogen) atoms. The average Bonchev–Trinajstić information content (AvgIpc) is 2.68. The van der Waals surface area contributed by atoms with Gasteiger partial charge in [0.2, 0.25) is 11.8 Å². The zero-order valence-corrected chi connectivity index (χ0v) is 15.5. The highest BCUT2D eigenvalue weighted by atomic mass is 16.5. The molecule has 0 fully saturated rings. The molecule has 0 saturated carbocycles. The third kappa shape index (κ3) is 5.66. The summed E-state index contributed by atoms with van der Waals surface area (Å²) in [5, 5.41) is 5.09. The van der Waals surface area contributed by atoms with Crippen LogP contribution in [-0.4, -0.2) is 37.5 Å². The van der Waals surface area contributed by atoms with E-state index in [0.717, 1.165) is 0 Å². The Labute approximate surface area is 161 Å². The van der Waals surface area contributed by atoms with E-state index in [1.54, 1.807) is 25.1 Å². The summed E-state index contributed by atoms with van der Waals surface area (Å²) in [5.41, 5.74) is 1.24. The predicted octanol–water partition coefficient (Wildman–Crippen LogP) is 2.62. The number of nitrogens with one attached hydrogen (secondary N) is 2. The second-order valence-electron chi connectivity index (χ2n) is 5.61. The van der Waals surface area contributed by atoms with Crippen molar-refractivity contribution in [1.82, 2.24) is 0 Å². The number of esters is 2. The maximum absolute atomic E-state index is 12.1. The fourth-order valence-electron chi connectivity index (χ4n) is 2.33. The van der Waals surface area contributed by atoms with Crippen LogP contribution in [0, 0.1) is 0 Å². The molecule has 0 aliphatic heterocycles. The van der Waals surface area contributed by atoms with Gasteiger partial charge in [-0.2, -0.15) is 0 Å². The number of methoxy groups -OCH3 is 1. The minimum absolute atomic E-state index is 0.205. The SMILES string of the molecule is CCOC(=O)c1ccccc1NC(=O)CC(=O)Nc1ccc(C(=O)OC)cc1. The molecule has 0 radical (unpaired) electrons. The summed E-state index contributed by atoms with van der Waals surface area (Å²) in [6, 6.07) is 12.4. The number of ether oxygens (including phenoxy) is 2. The second kappa shape index (κ2) is 9.86.